The molecule has 1 aliphatic rings. The Morgan fingerprint density at radius 2 is 1.79 bits per heavy atom. The third-order valence-corrected chi connectivity index (χ3v) is 4.60. The molecule has 120 valence electrons. The Labute approximate surface area is 143 Å². The summed E-state index contributed by atoms with van der Waals surface area (Å²) in [5, 5.41) is 12.1. The standard InChI is InChI=1S/C17H10BrNO5/c18-10-7-5-9(6-8-10)13-14-15(24-16(13)19(21)22)11-3-1-2-4-12(11)23-17(14)20/h1-8,13,16H/t13-,16-/m1/s1. The Balaban J connectivity index is 2.00. The fourth-order valence-electron chi connectivity index (χ4n) is 3.03. The molecule has 0 radical (unpaired) electrons. The van der Waals surface area contributed by atoms with E-state index in [2.05, 4.69) is 15.9 Å². The number of fused-ring (bicyclic) bond motifs is 3. The number of rotatable bonds is 2. The van der Waals surface area contributed by atoms with Crippen LogP contribution in [0.4, 0.5) is 0 Å². The minimum Gasteiger partial charge on any atom is -0.428 e. The average Bonchev–Trinajstić information content (AvgIpc) is 2.97. The highest BCUT2D eigenvalue weighted by Gasteiger charge is 2.47. The van der Waals surface area contributed by atoms with Gasteiger partial charge in [-0.1, -0.05) is 40.2 Å². The van der Waals surface area contributed by atoms with Crippen LogP contribution in [0, 0.1) is 10.1 Å². The minimum atomic E-state index is -1.37. The first-order valence-electron chi connectivity index (χ1n) is 7.17. The summed E-state index contributed by atoms with van der Waals surface area (Å²) in [6.45, 7) is 0. The van der Waals surface area contributed by atoms with E-state index in [0.717, 1.165) is 4.47 Å². The number of benzene rings is 2. The van der Waals surface area contributed by atoms with E-state index in [1.54, 1.807) is 48.5 Å². The van der Waals surface area contributed by atoms with Crippen molar-refractivity contribution in [1.82, 2.24) is 0 Å². The lowest BCUT2D eigenvalue weighted by atomic mass is 9.92. The topological polar surface area (TPSA) is 82.6 Å². The van der Waals surface area contributed by atoms with Crippen molar-refractivity contribution in [3.8, 4) is 5.75 Å². The summed E-state index contributed by atoms with van der Waals surface area (Å²) >= 11 is 3.33. The molecule has 0 saturated carbocycles. The smallest absolute Gasteiger partial charge is 0.365 e. The molecule has 0 N–H and O–H groups in total. The number of ether oxygens (including phenoxy) is 1. The van der Waals surface area contributed by atoms with Crippen LogP contribution in [0.1, 0.15) is 17.0 Å². The highest BCUT2D eigenvalue weighted by Crippen LogP contribution is 2.44. The summed E-state index contributed by atoms with van der Waals surface area (Å²) in [4.78, 5) is 23.5. The molecule has 0 unspecified atom stereocenters. The van der Waals surface area contributed by atoms with Gasteiger partial charge in [-0.25, -0.2) is 4.79 Å². The van der Waals surface area contributed by atoms with Crippen LogP contribution in [0.3, 0.4) is 0 Å². The summed E-state index contributed by atoms with van der Waals surface area (Å²) in [7, 11) is 0. The average molecular weight is 388 g/mol. The Kier molecular flexibility index (Phi) is 3.38. The van der Waals surface area contributed by atoms with Crippen molar-refractivity contribution in [1.29, 1.82) is 0 Å². The molecule has 2 atom stereocenters. The number of hydrogen-bond donors (Lipinski definition) is 0. The second-order valence-electron chi connectivity index (χ2n) is 5.45. The molecule has 0 aliphatic carbocycles. The maximum absolute atomic E-state index is 12.5. The summed E-state index contributed by atoms with van der Waals surface area (Å²) in [6, 6.07) is 13.9. The fourth-order valence-corrected chi connectivity index (χ4v) is 3.29. The van der Waals surface area contributed by atoms with Crippen LogP contribution in [0.15, 0.2) is 62.2 Å². The zero-order valence-electron chi connectivity index (χ0n) is 12.1. The van der Waals surface area contributed by atoms with Crippen LogP contribution in [0.25, 0.3) is 11.0 Å². The maximum atomic E-state index is 12.5. The normalized spacial score (nSPS) is 19.0. The third kappa shape index (κ3) is 2.20. The largest absolute Gasteiger partial charge is 0.428 e. The van der Waals surface area contributed by atoms with Crippen molar-refractivity contribution in [2.75, 3.05) is 0 Å². The molecule has 0 spiro atoms. The number of halogens is 1. The van der Waals surface area contributed by atoms with Crippen molar-refractivity contribution in [3.63, 3.8) is 0 Å². The van der Waals surface area contributed by atoms with Gasteiger partial charge in [0.15, 0.2) is 0 Å². The van der Waals surface area contributed by atoms with Gasteiger partial charge < -0.3 is 9.15 Å². The predicted octanol–water partition coefficient (Wildman–Crippen LogP) is 3.68. The summed E-state index contributed by atoms with van der Waals surface area (Å²) in [6.07, 6.45) is -1.37. The maximum Gasteiger partial charge on any atom is 0.365 e. The van der Waals surface area contributed by atoms with E-state index in [0.29, 0.717) is 16.5 Å². The highest BCUT2D eigenvalue weighted by molar-refractivity contribution is 9.10. The van der Waals surface area contributed by atoms with Crippen LogP contribution in [0.2, 0.25) is 0 Å². The first-order chi connectivity index (χ1) is 11.6. The molecule has 0 fully saturated rings. The lowest BCUT2D eigenvalue weighted by molar-refractivity contribution is -0.561. The predicted molar refractivity (Wildman–Crippen MR) is 89.9 cm³/mol. The zero-order chi connectivity index (χ0) is 16.8. The van der Waals surface area contributed by atoms with Gasteiger partial charge in [-0.15, -0.1) is 0 Å². The van der Waals surface area contributed by atoms with E-state index in [4.69, 9.17) is 9.15 Å². The van der Waals surface area contributed by atoms with Gasteiger partial charge in [0, 0.05) is 4.47 Å². The van der Waals surface area contributed by atoms with Gasteiger partial charge in [-0.05, 0) is 29.8 Å². The molecular weight excluding hydrogens is 378 g/mol. The van der Waals surface area contributed by atoms with Gasteiger partial charge >= 0.3 is 11.9 Å². The summed E-state index contributed by atoms with van der Waals surface area (Å²) in [5.41, 5.74) is 0.555. The van der Waals surface area contributed by atoms with E-state index in [9.17, 15) is 14.9 Å². The van der Waals surface area contributed by atoms with Gasteiger partial charge in [-0.2, -0.15) is 0 Å². The van der Waals surface area contributed by atoms with Gasteiger partial charge in [0.05, 0.1) is 15.9 Å². The quantitative estimate of drug-likeness (QED) is 0.380. The Morgan fingerprint density at radius 3 is 2.50 bits per heavy atom. The van der Waals surface area contributed by atoms with E-state index < -0.39 is 22.7 Å². The molecule has 2 aromatic carbocycles. The number of hydrogen-bond acceptors (Lipinski definition) is 5. The summed E-state index contributed by atoms with van der Waals surface area (Å²) < 4.78 is 11.8. The zero-order valence-corrected chi connectivity index (χ0v) is 13.7. The molecule has 24 heavy (non-hydrogen) atoms. The van der Waals surface area contributed by atoms with Crippen molar-refractivity contribution in [3.05, 3.63) is 84.7 Å². The first kappa shape index (κ1) is 14.9. The van der Waals surface area contributed by atoms with Crippen LogP contribution in [-0.4, -0.2) is 11.2 Å². The van der Waals surface area contributed by atoms with Gasteiger partial charge in [0.2, 0.25) is 0 Å². The highest BCUT2D eigenvalue weighted by atomic mass is 79.9. The molecule has 0 amide bonds. The molecular formula is C17H10BrNO5. The third-order valence-electron chi connectivity index (χ3n) is 4.07. The van der Waals surface area contributed by atoms with Crippen molar-refractivity contribution in [2.45, 2.75) is 12.1 Å². The second-order valence-corrected chi connectivity index (χ2v) is 6.37. The van der Waals surface area contributed by atoms with Crippen molar-refractivity contribution < 1.29 is 14.1 Å². The van der Waals surface area contributed by atoms with Crippen LogP contribution < -0.4 is 10.4 Å². The monoisotopic (exact) mass is 387 g/mol. The van der Waals surface area contributed by atoms with Gasteiger partial charge in [-0.3, -0.25) is 10.1 Å². The molecule has 2 heterocycles. The molecule has 7 heteroatoms. The number of nitrogens with zero attached hydrogens (tertiary/aromatic N) is 1. The molecule has 0 bridgehead atoms. The van der Waals surface area contributed by atoms with Crippen LogP contribution in [-0.2, 0) is 0 Å². The van der Waals surface area contributed by atoms with E-state index >= 15 is 0 Å². The van der Waals surface area contributed by atoms with Crippen molar-refractivity contribution >= 4 is 26.9 Å². The molecule has 1 aliphatic heterocycles. The molecule has 4 rings (SSSR count). The first-order valence-corrected chi connectivity index (χ1v) is 7.97. The van der Waals surface area contributed by atoms with Crippen LogP contribution in [0.5, 0.6) is 5.75 Å². The van der Waals surface area contributed by atoms with E-state index in [-0.39, 0.29) is 11.3 Å². The second kappa shape index (κ2) is 5.45. The fraction of sp³-hybridized carbons (Fsp3) is 0.118. The Hall–Kier alpha value is -2.67. The minimum absolute atomic E-state index is 0.192. The van der Waals surface area contributed by atoms with Crippen LogP contribution >= 0.6 is 15.9 Å². The lowest BCUT2D eigenvalue weighted by Crippen LogP contribution is -2.29. The van der Waals surface area contributed by atoms with E-state index in [1.807, 2.05) is 0 Å². The summed E-state index contributed by atoms with van der Waals surface area (Å²) in [5.74, 6) is -0.583. The van der Waals surface area contributed by atoms with Gasteiger partial charge in [0.1, 0.15) is 17.3 Å². The lowest BCUT2D eigenvalue weighted by Gasteiger charge is -2.11. The van der Waals surface area contributed by atoms with Crippen molar-refractivity contribution in [2.24, 2.45) is 0 Å². The van der Waals surface area contributed by atoms with Gasteiger partial charge in [0.25, 0.3) is 0 Å². The number of para-hydroxylation sites is 1. The Morgan fingerprint density at radius 1 is 1.08 bits per heavy atom. The molecule has 6 nitrogen and oxygen atoms in total. The number of nitro groups is 1. The Bertz CT molecular complexity index is 1010. The molecule has 0 saturated heterocycles. The molecule has 3 aromatic rings. The molecule has 1 aromatic heterocycles. The van der Waals surface area contributed by atoms with E-state index in [1.165, 1.54) is 0 Å². The SMILES string of the molecule is O=c1oc2ccccc2c2c1[C@@H](c1ccc(Br)cc1)[C@H]([N+](=O)[O-])O2.